The van der Waals surface area contributed by atoms with Gasteiger partial charge in [0.15, 0.2) is 11.5 Å². The van der Waals surface area contributed by atoms with Gasteiger partial charge in [-0.15, -0.1) is 0 Å². The molecule has 2 aromatic heterocycles. The lowest BCUT2D eigenvalue weighted by Gasteiger charge is -2.26. The molecule has 0 aliphatic carbocycles. The second-order valence-electron chi connectivity index (χ2n) is 7.15. The highest BCUT2D eigenvalue weighted by molar-refractivity contribution is 5.59. The van der Waals surface area contributed by atoms with Gasteiger partial charge in [0.1, 0.15) is 6.29 Å². The Kier molecular flexibility index (Phi) is 3.79. The van der Waals surface area contributed by atoms with E-state index in [9.17, 15) is 4.79 Å². The molecule has 5 nitrogen and oxygen atoms in total. The van der Waals surface area contributed by atoms with Gasteiger partial charge >= 0.3 is 0 Å². The number of hydrogen-bond donors (Lipinski definition) is 0. The minimum atomic E-state index is 0.162. The molecule has 128 valence electrons. The van der Waals surface area contributed by atoms with Crippen LogP contribution in [0.1, 0.15) is 30.3 Å². The number of rotatable bonds is 4. The van der Waals surface area contributed by atoms with Gasteiger partial charge in [0.2, 0.25) is 0 Å². The second-order valence-corrected chi connectivity index (χ2v) is 7.15. The zero-order valence-corrected chi connectivity index (χ0v) is 14.6. The molecule has 4 rings (SSSR count). The van der Waals surface area contributed by atoms with Crippen LogP contribution in [0.2, 0.25) is 0 Å². The molecule has 1 fully saturated rings. The van der Waals surface area contributed by atoms with E-state index < -0.39 is 0 Å². The highest BCUT2D eigenvalue weighted by atomic mass is 16.1. The predicted molar refractivity (Wildman–Crippen MR) is 98.1 cm³/mol. The first-order valence-corrected chi connectivity index (χ1v) is 8.69. The molecule has 0 amide bonds. The second kappa shape index (κ2) is 5.99. The van der Waals surface area contributed by atoms with E-state index in [1.165, 1.54) is 5.56 Å². The van der Waals surface area contributed by atoms with Gasteiger partial charge in [0.25, 0.3) is 0 Å². The topological polar surface area (TPSA) is 50.5 Å². The summed E-state index contributed by atoms with van der Waals surface area (Å²) < 4.78 is 1.81. The van der Waals surface area contributed by atoms with Crippen molar-refractivity contribution in [1.29, 1.82) is 0 Å². The van der Waals surface area contributed by atoms with Gasteiger partial charge in [0.05, 0.1) is 18.3 Å². The third-order valence-electron chi connectivity index (χ3n) is 5.22. The van der Waals surface area contributed by atoms with Crippen molar-refractivity contribution in [3.05, 3.63) is 59.5 Å². The summed E-state index contributed by atoms with van der Waals surface area (Å²) in [5.74, 6) is 0.575. The molecule has 0 radical (unpaired) electrons. The van der Waals surface area contributed by atoms with Crippen LogP contribution in [0.5, 0.6) is 0 Å². The average Bonchev–Trinajstić information content (AvgIpc) is 3.21. The van der Waals surface area contributed by atoms with Crippen LogP contribution < -0.4 is 4.90 Å². The number of aryl methyl sites for hydroxylation is 1. The van der Waals surface area contributed by atoms with Crippen molar-refractivity contribution in [2.45, 2.75) is 32.1 Å². The number of anilines is 1. The molecule has 1 aromatic carbocycles. The zero-order valence-electron chi connectivity index (χ0n) is 14.6. The third-order valence-corrected chi connectivity index (χ3v) is 5.22. The average molecular weight is 334 g/mol. The molecule has 1 atom stereocenters. The van der Waals surface area contributed by atoms with Crippen LogP contribution >= 0.6 is 0 Å². The molecule has 0 spiro atoms. The Bertz CT molecular complexity index is 918. The van der Waals surface area contributed by atoms with E-state index in [1.54, 1.807) is 0 Å². The van der Waals surface area contributed by atoms with Gasteiger partial charge in [-0.25, -0.2) is 9.50 Å². The van der Waals surface area contributed by atoms with Crippen molar-refractivity contribution in [1.82, 2.24) is 14.6 Å². The number of carbonyl (C=O) groups is 1. The quantitative estimate of drug-likeness (QED) is 0.688. The van der Waals surface area contributed by atoms with Crippen molar-refractivity contribution >= 4 is 17.6 Å². The fraction of sp³-hybridized carbons (Fsp3) is 0.350. The van der Waals surface area contributed by atoms with Gasteiger partial charge in [0, 0.05) is 18.5 Å². The Balaban J connectivity index is 1.65. The number of benzene rings is 1. The van der Waals surface area contributed by atoms with E-state index in [0.717, 1.165) is 42.7 Å². The molecule has 1 unspecified atom stereocenters. The van der Waals surface area contributed by atoms with Gasteiger partial charge in [-0.1, -0.05) is 37.3 Å². The van der Waals surface area contributed by atoms with Gasteiger partial charge < -0.3 is 9.69 Å². The summed E-state index contributed by atoms with van der Waals surface area (Å²) in [6.45, 7) is 6.39. The summed E-state index contributed by atoms with van der Waals surface area (Å²) >= 11 is 0. The molecule has 0 bridgehead atoms. The van der Waals surface area contributed by atoms with E-state index >= 15 is 0 Å². The molecule has 25 heavy (non-hydrogen) atoms. The van der Waals surface area contributed by atoms with Crippen LogP contribution in [0.3, 0.4) is 0 Å². The standard InChI is InChI=1S/C20H22N4O/c1-15-12-17(13-24-19(15)21-18(22-24)8-11-25)23-10-9-20(2,14-23)16-6-4-3-5-7-16/h3-7,11-13H,8-10,14H2,1-2H3. The Hall–Kier alpha value is -2.69. The smallest absolute Gasteiger partial charge is 0.158 e. The minimum absolute atomic E-state index is 0.162. The zero-order chi connectivity index (χ0) is 17.4. The molecule has 3 heterocycles. The maximum absolute atomic E-state index is 10.7. The monoisotopic (exact) mass is 334 g/mol. The Morgan fingerprint density at radius 2 is 2.08 bits per heavy atom. The largest absolute Gasteiger partial charge is 0.369 e. The Morgan fingerprint density at radius 3 is 2.84 bits per heavy atom. The summed E-state index contributed by atoms with van der Waals surface area (Å²) in [7, 11) is 0. The molecule has 3 aromatic rings. The van der Waals surface area contributed by atoms with Crippen molar-refractivity contribution in [2.75, 3.05) is 18.0 Å². The molecular weight excluding hydrogens is 312 g/mol. The first-order chi connectivity index (χ1) is 12.1. The molecular formula is C20H22N4O. The maximum Gasteiger partial charge on any atom is 0.158 e. The number of carbonyl (C=O) groups excluding carboxylic acids is 1. The fourth-order valence-corrected chi connectivity index (χ4v) is 3.77. The molecule has 1 aliphatic rings. The molecule has 1 aliphatic heterocycles. The molecule has 1 saturated heterocycles. The Morgan fingerprint density at radius 1 is 1.28 bits per heavy atom. The normalized spacial score (nSPS) is 20.3. The summed E-state index contributed by atoms with van der Waals surface area (Å²) in [4.78, 5) is 17.6. The van der Waals surface area contributed by atoms with Crippen LogP contribution in [0.15, 0.2) is 42.6 Å². The summed E-state index contributed by atoms with van der Waals surface area (Å²) in [6.07, 6.45) is 4.26. The summed E-state index contributed by atoms with van der Waals surface area (Å²) in [5.41, 5.74) is 4.62. The van der Waals surface area contributed by atoms with E-state index in [1.807, 2.05) is 17.6 Å². The van der Waals surface area contributed by atoms with Crippen LogP contribution in [0.25, 0.3) is 5.65 Å². The highest BCUT2D eigenvalue weighted by Crippen LogP contribution is 2.36. The van der Waals surface area contributed by atoms with E-state index in [-0.39, 0.29) is 11.8 Å². The van der Waals surface area contributed by atoms with E-state index in [4.69, 9.17) is 0 Å². The number of pyridine rings is 1. The number of aldehydes is 1. The first kappa shape index (κ1) is 15.8. The lowest BCUT2D eigenvalue weighted by atomic mass is 9.82. The lowest BCUT2D eigenvalue weighted by Crippen LogP contribution is -2.28. The lowest BCUT2D eigenvalue weighted by molar-refractivity contribution is -0.107. The van der Waals surface area contributed by atoms with E-state index in [0.29, 0.717) is 5.82 Å². The van der Waals surface area contributed by atoms with Crippen LogP contribution in [0.4, 0.5) is 5.69 Å². The summed E-state index contributed by atoms with van der Waals surface area (Å²) in [6, 6.07) is 12.9. The van der Waals surface area contributed by atoms with Crippen molar-refractivity contribution in [2.24, 2.45) is 0 Å². The number of fused-ring (bicyclic) bond motifs is 1. The number of hydrogen-bond acceptors (Lipinski definition) is 4. The molecule has 0 N–H and O–H groups in total. The highest BCUT2D eigenvalue weighted by Gasteiger charge is 2.35. The van der Waals surface area contributed by atoms with Crippen LogP contribution in [-0.2, 0) is 16.6 Å². The molecule has 0 saturated carbocycles. The number of nitrogens with zero attached hydrogens (tertiary/aromatic N) is 4. The third kappa shape index (κ3) is 2.80. The first-order valence-electron chi connectivity index (χ1n) is 8.69. The molecule has 5 heteroatoms. The predicted octanol–water partition coefficient (Wildman–Crippen LogP) is 2.95. The van der Waals surface area contributed by atoms with Crippen molar-refractivity contribution < 1.29 is 4.79 Å². The fourth-order valence-electron chi connectivity index (χ4n) is 3.77. The SMILES string of the molecule is Cc1cc(N2CCC(C)(c3ccccc3)C2)cn2nc(CC=O)nc12. The maximum atomic E-state index is 10.7. The number of aromatic nitrogens is 3. The van der Waals surface area contributed by atoms with Gasteiger partial charge in [-0.3, -0.25) is 0 Å². The minimum Gasteiger partial charge on any atom is -0.369 e. The Labute approximate surface area is 147 Å². The van der Waals surface area contributed by atoms with Crippen molar-refractivity contribution in [3.8, 4) is 0 Å². The summed E-state index contributed by atoms with van der Waals surface area (Å²) in [5, 5.41) is 4.44. The van der Waals surface area contributed by atoms with Gasteiger partial charge in [-0.2, -0.15) is 5.10 Å². The van der Waals surface area contributed by atoms with Crippen LogP contribution in [0, 0.1) is 6.92 Å². The van der Waals surface area contributed by atoms with Gasteiger partial charge in [-0.05, 0) is 30.5 Å². The van der Waals surface area contributed by atoms with E-state index in [2.05, 4.69) is 58.3 Å². The van der Waals surface area contributed by atoms with Crippen LogP contribution in [-0.4, -0.2) is 34.0 Å². The van der Waals surface area contributed by atoms with Crippen molar-refractivity contribution in [3.63, 3.8) is 0 Å².